The van der Waals surface area contributed by atoms with Gasteiger partial charge in [0.2, 0.25) is 0 Å². The first-order chi connectivity index (χ1) is 28.2. The molecule has 0 saturated heterocycles. The fourth-order valence-electron chi connectivity index (χ4n) is 5.50. The summed E-state index contributed by atoms with van der Waals surface area (Å²) in [5.41, 5.74) is 1.55. The van der Waals surface area contributed by atoms with Gasteiger partial charge in [-0.15, -0.1) is 0 Å². The highest BCUT2D eigenvalue weighted by Gasteiger charge is 2.22. The molecule has 6 aromatic rings. The number of unbranched alkanes of at least 4 members (excludes halogenated alkanes) is 1. The number of benzene rings is 6. The summed E-state index contributed by atoms with van der Waals surface area (Å²) in [6.07, 6.45) is 1.92. The zero-order chi connectivity index (χ0) is 42.6. The van der Waals surface area contributed by atoms with Gasteiger partial charge in [0.05, 0.1) is 33.9 Å². The Morgan fingerprint density at radius 1 is 0.576 bits per heavy atom. The Morgan fingerprint density at radius 3 is 1.37 bits per heavy atom. The molecule has 0 spiro atoms. The standard InChI is InChI=1S/C23H22ClNO4S.C22H20ClNO4S/c1-2-3-15-29-19-10-12-20(13-11-19)30(27,28)25-22-14-9-18(24)16-21(22)23(26)17-7-5-4-6-8-17;1-15(2)28-18-9-11-19(12-10-18)29(26,27)24-21-13-8-17(23)14-20(21)22(25)16-6-4-3-5-7-16/h4-14,16,25H,2-3,15H2,1H3;3-15,24H,1-2H3. The van der Waals surface area contributed by atoms with E-state index in [1.807, 2.05) is 13.8 Å². The van der Waals surface area contributed by atoms with Crippen LogP contribution < -0.4 is 18.9 Å². The first kappa shape index (κ1) is 44.4. The number of hydrogen-bond donors (Lipinski definition) is 2. The predicted molar refractivity (Wildman–Crippen MR) is 233 cm³/mol. The highest BCUT2D eigenvalue weighted by Crippen LogP contribution is 2.29. The van der Waals surface area contributed by atoms with Crippen molar-refractivity contribution in [3.05, 3.63) is 178 Å². The van der Waals surface area contributed by atoms with Crippen molar-refractivity contribution in [1.82, 2.24) is 0 Å². The maximum atomic E-state index is 12.9. The second-order valence-electron chi connectivity index (χ2n) is 13.3. The summed E-state index contributed by atoms with van der Waals surface area (Å²) in [4.78, 5) is 25.9. The van der Waals surface area contributed by atoms with Gasteiger partial charge in [0.1, 0.15) is 11.5 Å². The number of nitrogens with one attached hydrogen (secondary N) is 2. The van der Waals surface area contributed by atoms with E-state index in [9.17, 15) is 26.4 Å². The number of sulfonamides is 2. The van der Waals surface area contributed by atoms with Gasteiger partial charge in [0.25, 0.3) is 20.0 Å². The van der Waals surface area contributed by atoms with Crippen molar-refractivity contribution in [1.29, 1.82) is 0 Å². The quantitative estimate of drug-likeness (QED) is 0.0722. The molecule has 10 nitrogen and oxygen atoms in total. The molecular formula is C45H42Cl2N2O8S2. The van der Waals surface area contributed by atoms with Crippen molar-refractivity contribution >= 4 is 66.2 Å². The zero-order valence-electron chi connectivity index (χ0n) is 32.4. The van der Waals surface area contributed by atoms with E-state index in [1.165, 1.54) is 60.7 Å². The second kappa shape index (κ2) is 20.3. The van der Waals surface area contributed by atoms with Crippen molar-refractivity contribution in [3.8, 4) is 11.5 Å². The van der Waals surface area contributed by atoms with Crippen LogP contribution in [0.15, 0.2) is 155 Å². The van der Waals surface area contributed by atoms with Gasteiger partial charge in [-0.3, -0.25) is 19.0 Å². The largest absolute Gasteiger partial charge is 0.494 e. The molecule has 2 N–H and O–H groups in total. The highest BCUT2D eigenvalue weighted by atomic mass is 35.5. The molecule has 0 aromatic heterocycles. The maximum absolute atomic E-state index is 12.9. The number of hydrogen-bond acceptors (Lipinski definition) is 8. The predicted octanol–water partition coefficient (Wildman–Crippen LogP) is 10.7. The van der Waals surface area contributed by atoms with Crippen LogP contribution >= 0.6 is 23.2 Å². The monoisotopic (exact) mass is 872 g/mol. The van der Waals surface area contributed by atoms with E-state index in [0.717, 1.165) is 12.8 Å². The van der Waals surface area contributed by atoms with Gasteiger partial charge in [0, 0.05) is 32.3 Å². The lowest BCUT2D eigenvalue weighted by Crippen LogP contribution is -2.16. The van der Waals surface area contributed by atoms with E-state index in [0.29, 0.717) is 39.3 Å². The van der Waals surface area contributed by atoms with Crippen molar-refractivity contribution in [2.75, 3.05) is 16.1 Å². The summed E-state index contributed by atoms with van der Waals surface area (Å²) in [7, 11) is -7.82. The lowest BCUT2D eigenvalue weighted by molar-refractivity contribution is 0.103. The minimum absolute atomic E-state index is 0.0174. The van der Waals surface area contributed by atoms with Crippen molar-refractivity contribution in [2.45, 2.75) is 49.5 Å². The molecular weight excluding hydrogens is 832 g/mol. The molecule has 6 rings (SSSR count). The molecule has 0 amide bonds. The van der Waals surface area contributed by atoms with Gasteiger partial charge in [-0.25, -0.2) is 16.8 Å². The molecule has 0 atom stereocenters. The summed E-state index contributed by atoms with van der Waals surface area (Å²) in [5, 5.41) is 0.674. The molecule has 6 aromatic carbocycles. The minimum atomic E-state index is -3.91. The molecule has 0 aliphatic rings. The summed E-state index contributed by atoms with van der Waals surface area (Å²) in [5.74, 6) is 0.529. The fourth-order valence-corrected chi connectivity index (χ4v) is 8.01. The lowest BCUT2D eigenvalue weighted by Gasteiger charge is -2.14. The van der Waals surface area contributed by atoms with E-state index in [4.69, 9.17) is 32.7 Å². The number of ether oxygens (including phenoxy) is 2. The molecule has 14 heteroatoms. The van der Waals surface area contributed by atoms with Crippen LogP contribution in [0, 0.1) is 0 Å². The van der Waals surface area contributed by atoms with Gasteiger partial charge >= 0.3 is 0 Å². The Kier molecular flexibility index (Phi) is 15.3. The smallest absolute Gasteiger partial charge is 0.261 e. The molecule has 0 unspecified atom stereocenters. The SMILES string of the molecule is CC(C)Oc1ccc(S(=O)(=O)Nc2ccc(Cl)cc2C(=O)c2ccccc2)cc1.CCCCOc1ccc(S(=O)(=O)Nc2ccc(Cl)cc2C(=O)c2ccccc2)cc1. The maximum Gasteiger partial charge on any atom is 0.261 e. The molecule has 0 aliphatic carbocycles. The average Bonchev–Trinajstić information content (AvgIpc) is 3.22. The van der Waals surface area contributed by atoms with Gasteiger partial charge in [-0.1, -0.05) is 97.2 Å². The number of carbonyl (C=O) groups is 2. The first-order valence-corrected chi connectivity index (χ1v) is 22.2. The molecule has 0 radical (unpaired) electrons. The molecule has 306 valence electrons. The van der Waals surface area contributed by atoms with Crippen molar-refractivity contribution in [2.24, 2.45) is 0 Å². The summed E-state index contributed by atoms with van der Waals surface area (Å²) < 4.78 is 67.5. The van der Waals surface area contributed by atoms with Crippen LogP contribution in [0.25, 0.3) is 0 Å². The topological polar surface area (TPSA) is 145 Å². The second-order valence-corrected chi connectivity index (χ2v) is 17.5. The van der Waals surface area contributed by atoms with Gasteiger partial charge in [-0.05, 0) is 105 Å². The molecule has 0 bridgehead atoms. The van der Waals surface area contributed by atoms with Crippen LogP contribution in [0.3, 0.4) is 0 Å². The third-order valence-corrected chi connectivity index (χ3v) is 11.7. The van der Waals surface area contributed by atoms with Gasteiger partial charge in [0.15, 0.2) is 11.6 Å². The zero-order valence-corrected chi connectivity index (χ0v) is 35.5. The van der Waals surface area contributed by atoms with Crippen LogP contribution in [0.1, 0.15) is 65.5 Å². The van der Waals surface area contributed by atoms with Crippen LogP contribution in [-0.2, 0) is 20.0 Å². The lowest BCUT2D eigenvalue weighted by atomic mass is 10.0. The Labute approximate surface area is 355 Å². The molecule has 0 heterocycles. The Balaban J connectivity index is 0.000000224. The number of carbonyl (C=O) groups excluding carboxylic acids is 2. The number of rotatable bonds is 16. The Morgan fingerprint density at radius 2 is 0.983 bits per heavy atom. The Bertz CT molecular complexity index is 2590. The molecule has 0 fully saturated rings. The van der Waals surface area contributed by atoms with E-state index >= 15 is 0 Å². The van der Waals surface area contributed by atoms with Crippen molar-refractivity contribution < 1.29 is 35.9 Å². The van der Waals surface area contributed by atoms with E-state index in [2.05, 4.69) is 16.4 Å². The highest BCUT2D eigenvalue weighted by molar-refractivity contribution is 7.93. The third-order valence-electron chi connectivity index (χ3n) is 8.42. The Hall–Kier alpha value is -5.66. The normalized spacial score (nSPS) is 11.2. The van der Waals surface area contributed by atoms with E-state index in [1.54, 1.807) is 84.9 Å². The minimum Gasteiger partial charge on any atom is -0.494 e. The van der Waals surface area contributed by atoms with E-state index in [-0.39, 0.29) is 50.0 Å². The van der Waals surface area contributed by atoms with Crippen LogP contribution in [0.2, 0.25) is 10.0 Å². The summed E-state index contributed by atoms with van der Waals surface area (Å²) >= 11 is 12.1. The summed E-state index contributed by atoms with van der Waals surface area (Å²) in [6, 6.07) is 38.4. The van der Waals surface area contributed by atoms with Crippen LogP contribution in [0.4, 0.5) is 11.4 Å². The molecule has 0 aliphatic heterocycles. The average molecular weight is 874 g/mol. The number of anilines is 2. The van der Waals surface area contributed by atoms with Crippen LogP contribution in [-0.4, -0.2) is 41.1 Å². The molecule has 0 saturated carbocycles. The third kappa shape index (κ3) is 12.4. The number of halogens is 2. The fraction of sp³-hybridized carbons (Fsp3) is 0.156. The summed E-state index contributed by atoms with van der Waals surface area (Å²) in [6.45, 7) is 6.42. The number of ketones is 2. The molecule has 59 heavy (non-hydrogen) atoms. The van der Waals surface area contributed by atoms with Gasteiger partial charge in [-0.2, -0.15) is 0 Å². The van der Waals surface area contributed by atoms with Crippen molar-refractivity contribution in [3.63, 3.8) is 0 Å². The first-order valence-electron chi connectivity index (χ1n) is 18.5. The van der Waals surface area contributed by atoms with Crippen LogP contribution in [0.5, 0.6) is 11.5 Å². The van der Waals surface area contributed by atoms with Gasteiger partial charge < -0.3 is 9.47 Å². The van der Waals surface area contributed by atoms with E-state index < -0.39 is 20.0 Å².